The van der Waals surface area contributed by atoms with Crippen molar-refractivity contribution >= 4 is 22.9 Å². The van der Waals surface area contributed by atoms with E-state index >= 15 is 0 Å². The molecular formula is C15H19N3O3. The molecule has 0 aliphatic heterocycles. The van der Waals surface area contributed by atoms with Crippen LogP contribution in [-0.2, 0) is 11.3 Å². The maximum Gasteiger partial charge on any atom is 0.337 e. The monoisotopic (exact) mass is 289 g/mol. The zero-order chi connectivity index (χ0) is 15.6. The highest BCUT2D eigenvalue weighted by Gasteiger charge is 2.15. The first-order valence-electron chi connectivity index (χ1n) is 6.76. The molecule has 2 rings (SSSR count). The minimum atomic E-state index is -1.00. The molecule has 6 heteroatoms. The van der Waals surface area contributed by atoms with Crippen LogP contribution in [0.3, 0.4) is 0 Å². The number of rotatable bonds is 4. The highest BCUT2D eigenvalue weighted by molar-refractivity contribution is 6.00. The van der Waals surface area contributed by atoms with Crippen molar-refractivity contribution in [1.82, 2.24) is 14.9 Å². The third-order valence-corrected chi connectivity index (χ3v) is 2.97. The summed E-state index contributed by atoms with van der Waals surface area (Å²) in [7, 11) is 0. The Hall–Kier alpha value is -2.37. The van der Waals surface area contributed by atoms with Gasteiger partial charge in [0.25, 0.3) is 0 Å². The normalized spacial score (nSPS) is 11.6. The molecular weight excluding hydrogens is 270 g/mol. The lowest BCUT2D eigenvalue weighted by atomic mass is 10.1. The summed E-state index contributed by atoms with van der Waals surface area (Å²) in [5.41, 5.74) is 1.08. The molecule has 0 atom stereocenters. The number of benzene rings is 1. The van der Waals surface area contributed by atoms with Crippen LogP contribution in [-0.4, -0.2) is 32.1 Å². The Kier molecular flexibility index (Phi) is 3.97. The van der Waals surface area contributed by atoms with Gasteiger partial charge in [-0.05, 0) is 32.9 Å². The van der Waals surface area contributed by atoms with Crippen molar-refractivity contribution in [3.8, 4) is 0 Å². The molecule has 0 saturated carbocycles. The van der Waals surface area contributed by atoms with Gasteiger partial charge >= 0.3 is 5.97 Å². The van der Waals surface area contributed by atoms with Crippen LogP contribution in [0.1, 0.15) is 37.6 Å². The van der Waals surface area contributed by atoms with Crippen LogP contribution in [0.15, 0.2) is 24.5 Å². The fourth-order valence-corrected chi connectivity index (χ4v) is 2.14. The van der Waals surface area contributed by atoms with Crippen LogP contribution in [0.25, 0.3) is 11.0 Å². The van der Waals surface area contributed by atoms with Gasteiger partial charge < -0.3 is 15.0 Å². The van der Waals surface area contributed by atoms with E-state index in [4.69, 9.17) is 5.11 Å². The molecule has 6 nitrogen and oxygen atoms in total. The smallest absolute Gasteiger partial charge is 0.337 e. The van der Waals surface area contributed by atoms with E-state index in [0.717, 1.165) is 5.52 Å². The van der Waals surface area contributed by atoms with Crippen LogP contribution in [0.4, 0.5) is 0 Å². The van der Waals surface area contributed by atoms with Gasteiger partial charge in [0.15, 0.2) is 0 Å². The number of nitrogens with zero attached hydrogens (tertiary/aromatic N) is 2. The summed E-state index contributed by atoms with van der Waals surface area (Å²) < 4.78 is 1.80. The van der Waals surface area contributed by atoms with Gasteiger partial charge in [-0.3, -0.25) is 4.79 Å². The number of carboxylic acids is 1. The van der Waals surface area contributed by atoms with Gasteiger partial charge in [0.05, 0.1) is 17.4 Å². The quantitative estimate of drug-likeness (QED) is 0.902. The summed E-state index contributed by atoms with van der Waals surface area (Å²) in [6, 6.07) is 5.00. The second-order valence-corrected chi connectivity index (χ2v) is 5.96. The minimum Gasteiger partial charge on any atom is -0.478 e. The molecule has 0 bridgehead atoms. The lowest BCUT2D eigenvalue weighted by Crippen LogP contribution is -2.40. The number of fused-ring (bicyclic) bond motifs is 1. The number of amides is 1. The van der Waals surface area contributed by atoms with E-state index in [-0.39, 0.29) is 17.0 Å². The zero-order valence-electron chi connectivity index (χ0n) is 12.4. The van der Waals surface area contributed by atoms with Crippen LogP contribution in [0, 0.1) is 0 Å². The number of carboxylic acid groups (broad SMARTS) is 1. The number of imidazole rings is 1. The number of hydrogen-bond acceptors (Lipinski definition) is 3. The lowest BCUT2D eigenvalue weighted by Gasteiger charge is -2.20. The Morgan fingerprint density at radius 2 is 2.05 bits per heavy atom. The number of nitrogens with one attached hydrogen (secondary N) is 1. The molecule has 2 N–H and O–H groups in total. The first-order valence-corrected chi connectivity index (χ1v) is 6.76. The molecule has 0 aliphatic rings. The summed E-state index contributed by atoms with van der Waals surface area (Å²) in [5, 5.41) is 12.0. The summed E-state index contributed by atoms with van der Waals surface area (Å²) >= 11 is 0. The van der Waals surface area contributed by atoms with E-state index in [2.05, 4.69) is 10.3 Å². The number of para-hydroxylation sites is 1. The van der Waals surface area contributed by atoms with E-state index in [1.165, 1.54) is 6.07 Å². The van der Waals surface area contributed by atoms with Gasteiger partial charge in [0.1, 0.15) is 5.52 Å². The van der Waals surface area contributed by atoms with E-state index in [1.807, 2.05) is 20.8 Å². The second kappa shape index (κ2) is 5.55. The van der Waals surface area contributed by atoms with Gasteiger partial charge in [0.2, 0.25) is 5.91 Å². The fourth-order valence-electron chi connectivity index (χ4n) is 2.14. The van der Waals surface area contributed by atoms with Gasteiger partial charge in [-0.25, -0.2) is 9.78 Å². The van der Waals surface area contributed by atoms with Crippen LogP contribution >= 0.6 is 0 Å². The van der Waals surface area contributed by atoms with E-state index < -0.39 is 5.97 Å². The molecule has 2 aromatic rings. The van der Waals surface area contributed by atoms with Gasteiger partial charge in [-0.15, -0.1) is 0 Å². The van der Waals surface area contributed by atoms with Crippen LogP contribution < -0.4 is 5.32 Å². The predicted molar refractivity (Wildman–Crippen MR) is 79.2 cm³/mol. The number of hydrogen-bond donors (Lipinski definition) is 2. The number of carbonyl (C=O) groups excluding carboxylic acids is 1. The molecule has 112 valence electrons. The molecule has 21 heavy (non-hydrogen) atoms. The highest BCUT2D eigenvalue weighted by Crippen LogP contribution is 2.17. The number of aromatic nitrogens is 2. The summed E-state index contributed by atoms with van der Waals surface area (Å²) in [6.45, 7) is 6.24. The minimum absolute atomic E-state index is 0.0428. The zero-order valence-corrected chi connectivity index (χ0v) is 12.4. The van der Waals surface area contributed by atoms with Crippen molar-refractivity contribution < 1.29 is 14.7 Å². The van der Waals surface area contributed by atoms with Crippen LogP contribution in [0.5, 0.6) is 0 Å². The molecule has 0 saturated heterocycles. The topological polar surface area (TPSA) is 84.2 Å². The second-order valence-electron chi connectivity index (χ2n) is 5.96. The summed E-state index contributed by atoms with van der Waals surface area (Å²) in [5.74, 6) is -1.05. The molecule has 1 aromatic heterocycles. The highest BCUT2D eigenvalue weighted by atomic mass is 16.4. The molecule has 0 aliphatic carbocycles. The largest absolute Gasteiger partial charge is 0.478 e. The Bertz CT molecular complexity index is 683. The molecule has 1 amide bonds. The molecule has 0 spiro atoms. The molecule has 0 unspecified atom stereocenters. The maximum atomic E-state index is 11.8. The van der Waals surface area contributed by atoms with Crippen molar-refractivity contribution in [2.24, 2.45) is 0 Å². The average Bonchev–Trinajstić information content (AvgIpc) is 2.77. The fraction of sp³-hybridized carbons (Fsp3) is 0.400. The lowest BCUT2D eigenvalue weighted by molar-refractivity contribution is -0.122. The number of carbonyl (C=O) groups is 2. The average molecular weight is 289 g/mol. The Balaban J connectivity index is 2.15. The summed E-state index contributed by atoms with van der Waals surface area (Å²) in [6.07, 6.45) is 1.89. The van der Waals surface area contributed by atoms with Crippen molar-refractivity contribution in [1.29, 1.82) is 0 Å². The predicted octanol–water partition coefficient (Wildman–Crippen LogP) is 2.04. The third-order valence-electron chi connectivity index (χ3n) is 2.97. The number of aromatic carboxylic acids is 1. The van der Waals surface area contributed by atoms with Crippen molar-refractivity contribution in [3.63, 3.8) is 0 Å². The van der Waals surface area contributed by atoms with Crippen LogP contribution in [0.2, 0.25) is 0 Å². The van der Waals surface area contributed by atoms with Gasteiger partial charge in [-0.1, -0.05) is 6.07 Å². The first kappa shape index (κ1) is 15.0. The van der Waals surface area contributed by atoms with Crippen molar-refractivity contribution in [3.05, 3.63) is 30.1 Å². The third kappa shape index (κ3) is 3.59. The number of aryl methyl sites for hydroxylation is 1. The van der Waals surface area contributed by atoms with Crippen molar-refractivity contribution in [2.75, 3.05) is 0 Å². The summed E-state index contributed by atoms with van der Waals surface area (Å²) in [4.78, 5) is 27.1. The van der Waals surface area contributed by atoms with E-state index in [9.17, 15) is 9.59 Å². The van der Waals surface area contributed by atoms with Gasteiger partial charge in [0, 0.05) is 18.5 Å². The van der Waals surface area contributed by atoms with Gasteiger partial charge in [-0.2, -0.15) is 0 Å². The van der Waals surface area contributed by atoms with E-state index in [0.29, 0.717) is 18.5 Å². The standard InChI is InChI=1S/C15H19N3O3/c1-15(2,3)17-12(19)7-8-18-9-16-13-10(14(20)21)5-4-6-11(13)18/h4-6,9H,7-8H2,1-3H3,(H,17,19)(H,20,21). The van der Waals surface area contributed by atoms with Crippen molar-refractivity contribution in [2.45, 2.75) is 39.3 Å². The Labute approximate surface area is 122 Å². The first-order chi connectivity index (χ1) is 9.78. The Morgan fingerprint density at radius 3 is 2.67 bits per heavy atom. The maximum absolute atomic E-state index is 11.8. The molecule has 1 heterocycles. The Morgan fingerprint density at radius 1 is 1.33 bits per heavy atom. The SMILES string of the molecule is CC(C)(C)NC(=O)CCn1cnc2c(C(=O)O)cccc21. The molecule has 1 aromatic carbocycles. The molecule has 0 fully saturated rings. The van der Waals surface area contributed by atoms with E-state index in [1.54, 1.807) is 23.0 Å². The molecule has 0 radical (unpaired) electrons.